The first-order chi connectivity index (χ1) is 14.4. The van der Waals surface area contributed by atoms with E-state index in [-0.39, 0.29) is 5.91 Å². The van der Waals surface area contributed by atoms with Crippen molar-refractivity contribution in [2.24, 2.45) is 0 Å². The molecule has 30 heavy (non-hydrogen) atoms. The minimum absolute atomic E-state index is 0.0409. The summed E-state index contributed by atoms with van der Waals surface area (Å²) < 4.78 is 44.4. The van der Waals surface area contributed by atoms with Crippen molar-refractivity contribution in [3.8, 4) is 0 Å². The first-order valence-corrected chi connectivity index (χ1v) is 10.1. The lowest BCUT2D eigenvalue weighted by Crippen LogP contribution is -2.49. The second-order valence-electron chi connectivity index (χ2n) is 7.44. The number of nitrogens with zero attached hydrogens (tertiary/aromatic N) is 3. The van der Waals surface area contributed by atoms with E-state index in [1.807, 2.05) is 29.2 Å². The van der Waals surface area contributed by atoms with Crippen molar-refractivity contribution in [2.75, 3.05) is 62.3 Å². The van der Waals surface area contributed by atoms with Crippen LogP contribution >= 0.6 is 0 Å². The van der Waals surface area contributed by atoms with E-state index in [0.29, 0.717) is 50.6 Å². The Kier molecular flexibility index (Phi) is 5.85. The maximum absolute atomic E-state index is 13.2. The number of benzene rings is 2. The largest absolute Gasteiger partial charge is 0.416 e. The fourth-order valence-corrected chi connectivity index (χ4v) is 3.95. The van der Waals surface area contributed by atoms with Crippen LogP contribution in [0.5, 0.6) is 0 Å². The van der Waals surface area contributed by atoms with Gasteiger partial charge in [-0.25, -0.2) is 0 Å². The summed E-state index contributed by atoms with van der Waals surface area (Å²) in [6.07, 6.45) is -4.36. The number of piperazine rings is 1. The quantitative estimate of drug-likeness (QED) is 0.763. The number of morpholine rings is 1. The van der Waals surface area contributed by atoms with Gasteiger partial charge >= 0.3 is 6.18 Å². The summed E-state index contributed by atoms with van der Waals surface area (Å²) in [5, 5.41) is 0. The molecule has 0 aliphatic carbocycles. The van der Waals surface area contributed by atoms with Crippen molar-refractivity contribution in [1.29, 1.82) is 0 Å². The molecule has 8 heteroatoms. The Bertz CT molecular complexity index is 889. The van der Waals surface area contributed by atoms with E-state index in [0.717, 1.165) is 24.8 Å². The number of ether oxygens (including phenoxy) is 1. The van der Waals surface area contributed by atoms with Crippen LogP contribution < -0.4 is 9.80 Å². The van der Waals surface area contributed by atoms with Gasteiger partial charge in [0.1, 0.15) is 0 Å². The molecule has 2 aromatic carbocycles. The molecule has 2 aliphatic rings. The lowest BCUT2D eigenvalue weighted by molar-refractivity contribution is -0.137. The Hall–Kier alpha value is -2.74. The molecule has 0 spiro atoms. The molecule has 0 atom stereocenters. The third kappa shape index (κ3) is 4.38. The van der Waals surface area contributed by atoms with Gasteiger partial charge in [0.2, 0.25) is 0 Å². The van der Waals surface area contributed by atoms with Crippen molar-refractivity contribution in [2.45, 2.75) is 6.18 Å². The van der Waals surface area contributed by atoms with E-state index in [2.05, 4.69) is 4.90 Å². The number of hydrogen-bond acceptors (Lipinski definition) is 4. The number of para-hydroxylation sites is 1. The topological polar surface area (TPSA) is 36.0 Å². The summed E-state index contributed by atoms with van der Waals surface area (Å²) in [5.74, 6) is -0.0409. The molecule has 2 aliphatic heterocycles. The van der Waals surface area contributed by atoms with Gasteiger partial charge in [-0.2, -0.15) is 13.2 Å². The fraction of sp³-hybridized carbons (Fsp3) is 0.409. The summed E-state index contributed by atoms with van der Waals surface area (Å²) in [6, 6.07) is 12.9. The van der Waals surface area contributed by atoms with Crippen molar-refractivity contribution in [3.63, 3.8) is 0 Å². The highest BCUT2D eigenvalue weighted by Gasteiger charge is 2.31. The van der Waals surface area contributed by atoms with Gasteiger partial charge in [0, 0.05) is 50.6 Å². The van der Waals surface area contributed by atoms with Gasteiger partial charge in [0.15, 0.2) is 0 Å². The van der Waals surface area contributed by atoms with E-state index in [1.165, 1.54) is 12.1 Å². The number of rotatable bonds is 3. The lowest BCUT2D eigenvalue weighted by Gasteiger charge is -2.37. The van der Waals surface area contributed by atoms with E-state index < -0.39 is 11.7 Å². The standard InChI is InChI=1S/C22H24F3N3O2/c23-22(24,25)17-4-3-5-18(16-17)26-8-10-28(11-9-26)21(29)19-6-1-2-7-20(19)27-12-14-30-15-13-27/h1-7,16H,8-15H2. The molecule has 0 N–H and O–H groups in total. The Morgan fingerprint density at radius 1 is 0.833 bits per heavy atom. The molecule has 1 amide bonds. The van der Waals surface area contributed by atoms with Crippen molar-refractivity contribution in [3.05, 3.63) is 59.7 Å². The van der Waals surface area contributed by atoms with Gasteiger partial charge in [0.25, 0.3) is 5.91 Å². The average molecular weight is 419 g/mol. The molecule has 0 radical (unpaired) electrons. The second-order valence-corrected chi connectivity index (χ2v) is 7.44. The van der Waals surface area contributed by atoms with E-state index in [1.54, 1.807) is 11.0 Å². The summed E-state index contributed by atoms with van der Waals surface area (Å²) in [7, 11) is 0. The molecule has 5 nitrogen and oxygen atoms in total. The van der Waals surface area contributed by atoms with Gasteiger partial charge in [-0.05, 0) is 30.3 Å². The summed E-state index contributed by atoms with van der Waals surface area (Å²) in [4.78, 5) is 19.0. The van der Waals surface area contributed by atoms with Crippen LogP contribution in [0, 0.1) is 0 Å². The third-order valence-corrected chi connectivity index (χ3v) is 5.59. The number of carbonyl (C=O) groups excluding carboxylic acids is 1. The minimum Gasteiger partial charge on any atom is -0.378 e. The number of carbonyl (C=O) groups is 1. The zero-order chi connectivity index (χ0) is 21.1. The van der Waals surface area contributed by atoms with Crippen LogP contribution in [0.25, 0.3) is 0 Å². The summed E-state index contributed by atoms with van der Waals surface area (Å²) in [5.41, 5.74) is 1.45. The highest BCUT2D eigenvalue weighted by molar-refractivity contribution is 6.00. The van der Waals surface area contributed by atoms with E-state index in [4.69, 9.17) is 4.74 Å². The summed E-state index contributed by atoms with van der Waals surface area (Å²) >= 11 is 0. The van der Waals surface area contributed by atoms with Crippen LogP contribution in [0.15, 0.2) is 48.5 Å². The van der Waals surface area contributed by atoms with Crippen LogP contribution in [0.2, 0.25) is 0 Å². The Labute approximate surface area is 173 Å². The van der Waals surface area contributed by atoms with Crippen LogP contribution in [-0.4, -0.2) is 63.3 Å². The zero-order valence-electron chi connectivity index (χ0n) is 16.6. The molecule has 2 aromatic rings. The van der Waals surface area contributed by atoms with Gasteiger partial charge in [-0.15, -0.1) is 0 Å². The normalized spacial score (nSPS) is 17.9. The maximum Gasteiger partial charge on any atom is 0.416 e. The van der Waals surface area contributed by atoms with Crippen LogP contribution in [0.4, 0.5) is 24.5 Å². The highest BCUT2D eigenvalue weighted by atomic mass is 19.4. The molecular formula is C22H24F3N3O2. The predicted molar refractivity (Wildman–Crippen MR) is 109 cm³/mol. The SMILES string of the molecule is O=C(c1ccccc1N1CCOCC1)N1CCN(c2cccc(C(F)(F)F)c2)CC1. The number of halogens is 3. The Balaban J connectivity index is 1.44. The molecule has 2 fully saturated rings. The number of anilines is 2. The summed E-state index contributed by atoms with van der Waals surface area (Å²) in [6.45, 7) is 4.68. The molecule has 0 bridgehead atoms. The maximum atomic E-state index is 13.2. The van der Waals surface area contributed by atoms with E-state index in [9.17, 15) is 18.0 Å². The first kappa shape index (κ1) is 20.5. The van der Waals surface area contributed by atoms with E-state index >= 15 is 0 Å². The van der Waals surface area contributed by atoms with Crippen LogP contribution in [0.3, 0.4) is 0 Å². The second kappa shape index (κ2) is 8.55. The highest BCUT2D eigenvalue weighted by Crippen LogP contribution is 2.32. The number of alkyl halides is 3. The molecule has 160 valence electrons. The minimum atomic E-state index is -4.36. The Morgan fingerprint density at radius 3 is 2.23 bits per heavy atom. The fourth-order valence-electron chi connectivity index (χ4n) is 3.95. The molecule has 2 saturated heterocycles. The van der Waals surface area contributed by atoms with Gasteiger partial charge in [-0.3, -0.25) is 4.79 Å². The zero-order valence-corrected chi connectivity index (χ0v) is 16.6. The van der Waals surface area contributed by atoms with Gasteiger partial charge < -0.3 is 19.4 Å². The van der Waals surface area contributed by atoms with Crippen molar-refractivity contribution >= 4 is 17.3 Å². The first-order valence-electron chi connectivity index (χ1n) is 10.1. The number of amides is 1. The van der Waals surface area contributed by atoms with Crippen LogP contribution in [0.1, 0.15) is 15.9 Å². The molecule has 4 rings (SSSR count). The van der Waals surface area contributed by atoms with Crippen molar-refractivity contribution < 1.29 is 22.7 Å². The molecular weight excluding hydrogens is 395 g/mol. The molecule has 0 unspecified atom stereocenters. The van der Waals surface area contributed by atoms with Crippen molar-refractivity contribution in [1.82, 2.24) is 4.90 Å². The van der Waals surface area contributed by atoms with Gasteiger partial charge in [-0.1, -0.05) is 18.2 Å². The van der Waals surface area contributed by atoms with Crippen LogP contribution in [-0.2, 0) is 10.9 Å². The average Bonchev–Trinajstić information content (AvgIpc) is 2.79. The molecule has 0 aromatic heterocycles. The number of hydrogen-bond donors (Lipinski definition) is 0. The lowest BCUT2D eigenvalue weighted by atomic mass is 10.1. The predicted octanol–water partition coefficient (Wildman–Crippen LogP) is 3.50. The molecule has 0 saturated carbocycles. The Morgan fingerprint density at radius 2 is 1.53 bits per heavy atom. The molecule has 2 heterocycles. The monoisotopic (exact) mass is 419 g/mol. The van der Waals surface area contributed by atoms with Gasteiger partial charge in [0.05, 0.1) is 24.3 Å². The smallest absolute Gasteiger partial charge is 0.378 e. The third-order valence-electron chi connectivity index (χ3n) is 5.59.